The Balaban J connectivity index is 1.06. The van der Waals surface area contributed by atoms with Gasteiger partial charge in [-0.25, -0.2) is 0 Å². The summed E-state index contributed by atoms with van der Waals surface area (Å²) < 4.78 is 0. The molecule has 0 unspecified atom stereocenters. The van der Waals surface area contributed by atoms with Crippen molar-refractivity contribution in [3.05, 3.63) is 270 Å². The minimum atomic E-state index is -0.509. The summed E-state index contributed by atoms with van der Waals surface area (Å²) in [5.74, 6) is 0.562. The average Bonchev–Trinajstić information content (AvgIpc) is 3.70. The lowest BCUT2D eigenvalue weighted by molar-refractivity contribution is 0.444. The average molecular weight is 846 g/mol. The number of nitrogens with zero attached hydrogens (tertiary/aromatic N) is 1. The van der Waals surface area contributed by atoms with Gasteiger partial charge in [-0.1, -0.05) is 213 Å². The normalized spacial score (nSPS) is 14.1. The number of benzene rings is 10. The van der Waals surface area contributed by atoms with E-state index in [0.29, 0.717) is 5.92 Å². The Morgan fingerprint density at radius 2 is 0.803 bits per heavy atom. The fourth-order valence-corrected chi connectivity index (χ4v) is 11.5. The first kappa shape index (κ1) is 39.8. The molecule has 1 saturated carbocycles. The first-order valence-corrected chi connectivity index (χ1v) is 23.8. The van der Waals surface area contributed by atoms with Crippen LogP contribution in [0.25, 0.3) is 55.3 Å². The lowest BCUT2D eigenvalue weighted by atomic mass is 9.67. The molecule has 10 aromatic rings. The van der Waals surface area contributed by atoms with Crippen LogP contribution in [-0.2, 0) is 5.41 Å². The molecule has 0 atom stereocenters. The molecule has 66 heavy (non-hydrogen) atoms. The number of hydrogen-bond acceptors (Lipinski definition) is 1. The topological polar surface area (TPSA) is 3.24 Å². The molecule has 0 N–H and O–H groups in total. The van der Waals surface area contributed by atoms with E-state index in [2.05, 4.69) is 248 Å². The Labute approximate surface area is 389 Å². The molecule has 0 spiro atoms. The summed E-state index contributed by atoms with van der Waals surface area (Å²) >= 11 is 0. The second-order valence-corrected chi connectivity index (χ2v) is 18.2. The molecule has 0 aliphatic heterocycles. The quantitative estimate of drug-likeness (QED) is 0.140. The molecule has 0 amide bonds. The summed E-state index contributed by atoms with van der Waals surface area (Å²) in [7, 11) is 0. The highest BCUT2D eigenvalue weighted by Crippen LogP contribution is 2.59. The van der Waals surface area contributed by atoms with Crippen LogP contribution in [0.4, 0.5) is 17.1 Å². The van der Waals surface area contributed by atoms with Gasteiger partial charge in [0.05, 0.1) is 5.41 Å². The van der Waals surface area contributed by atoms with Crippen molar-refractivity contribution in [2.75, 3.05) is 4.90 Å². The fourth-order valence-electron chi connectivity index (χ4n) is 11.5. The van der Waals surface area contributed by atoms with Crippen molar-refractivity contribution in [2.24, 2.45) is 0 Å². The molecule has 316 valence electrons. The number of hydrogen-bond donors (Lipinski definition) is 0. The van der Waals surface area contributed by atoms with Crippen LogP contribution in [0.2, 0.25) is 0 Å². The zero-order valence-electron chi connectivity index (χ0n) is 37.2. The van der Waals surface area contributed by atoms with E-state index in [1.165, 1.54) is 115 Å². The van der Waals surface area contributed by atoms with Gasteiger partial charge in [-0.3, -0.25) is 0 Å². The smallest absolute Gasteiger partial charge is 0.0714 e. The Bertz CT molecular complexity index is 3250. The summed E-state index contributed by atoms with van der Waals surface area (Å²) in [6, 6.07) is 90.4. The van der Waals surface area contributed by atoms with Crippen LogP contribution in [0.5, 0.6) is 0 Å². The second-order valence-electron chi connectivity index (χ2n) is 18.2. The third kappa shape index (κ3) is 6.86. The highest BCUT2D eigenvalue weighted by atomic mass is 15.1. The first-order valence-electron chi connectivity index (χ1n) is 23.8. The van der Waals surface area contributed by atoms with Crippen LogP contribution in [0.3, 0.4) is 0 Å². The largest absolute Gasteiger partial charge is 0.310 e. The molecule has 1 nitrogen and oxygen atoms in total. The van der Waals surface area contributed by atoms with Crippen molar-refractivity contribution in [3.63, 3.8) is 0 Å². The van der Waals surface area contributed by atoms with Gasteiger partial charge < -0.3 is 4.90 Å². The Morgan fingerprint density at radius 3 is 1.38 bits per heavy atom. The zero-order chi connectivity index (χ0) is 43.9. The Kier molecular flexibility index (Phi) is 10.3. The van der Waals surface area contributed by atoms with Gasteiger partial charge >= 0.3 is 0 Å². The third-order valence-corrected chi connectivity index (χ3v) is 14.5. The molecular formula is C65H51N. The van der Waals surface area contributed by atoms with Gasteiger partial charge in [0.2, 0.25) is 0 Å². The van der Waals surface area contributed by atoms with Gasteiger partial charge in [-0.05, 0) is 150 Å². The predicted molar refractivity (Wildman–Crippen MR) is 278 cm³/mol. The van der Waals surface area contributed by atoms with E-state index < -0.39 is 5.41 Å². The van der Waals surface area contributed by atoms with E-state index in [1.807, 2.05) is 0 Å². The molecule has 2 aliphatic rings. The Hall–Kier alpha value is -7.74. The van der Waals surface area contributed by atoms with E-state index in [4.69, 9.17) is 0 Å². The van der Waals surface area contributed by atoms with Crippen LogP contribution < -0.4 is 4.90 Å². The summed E-state index contributed by atoms with van der Waals surface area (Å²) in [4.78, 5) is 2.46. The van der Waals surface area contributed by atoms with Crippen molar-refractivity contribution in [3.8, 4) is 44.5 Å². The maximum atomic E-state index is 2.52. The molecule has 0 radical (unpaired) electrons. The van der Waals surface area contributed by atoms with Crippen molar-refractivity contribution in [1.82, 2.24) is 0 Å². The van der Waals surface area contributed by atoms with Gasteiger partial charge in [0.15, 0.2) is 0 Å². The summed E-state index contributed by atoms with van der Waals surface area (Å²) in [6.07, 6.45) is 6.44. The number of rotatable bonds is 9. The fraction of sp³-hybridized carbons (Fsp3) is 0.108. The van der Waals surface area contributed by atoms with Crippen molar-refractivity contribution in [2.45, 2.75) is 43.4 Å². The standard InChI is InChI=1S/C65H51N/c1-6-19-46(20-7-1)47-33-37-55(38-34-47)66(56-39-35-50(36-40-56)61-44-52-26-17-16-25-51(52)43-60(61)49-23-10-3-11-24-49)57-41-42-59-63(45-57)65(53-27-12-4-13-28-53,54-29-14-5-15-30-54)62-32-18-31-58(64(59)62)48-21-8-2-9-22-48/h1,3-7,10-20,23-45,48H,2,8-9,21-22H2. The highest BCUT2D eigenvalue weighted by molar-refractivity contribution is 5.97. The van der Waals surface area contributed by atoms with Gasteiger partial charge in [0.1, 0.15) is 0 Å². The van der Waals surface area contributed by atoms with E-state index in [0.717, 1.165) is 17.1 Å². The molecule has 1 fully saturated rings. The Morgan fingerprint density at radius 1 is 0.333 bits per heavy atom. The SMILES string of the molecule is c1ccc(-c2ccc(N(c3ccc(-c4cc5ccccc5cc4-c4ccccc4)cc3)c3ccc4c(c3)C(c3ccccc3)(c3ccccc3)c3cccc(C5CCCCC5)c3-4)cc2)cc1. The monoisotopic (exact) mass is 845 g/mol. The van der Waals surface area contributed by atoms with E-state index in [9.17, 15) is 0 Å². The third-order valence-electron chi connectivity index (χ3n) is 14.5. The van der Waals surface area contributed by atoms with Gasteiger partial charge in [-0.2, -0.15) is 0 Å². The second kappa shape index (κ2) is 17.0. The van der Waals surface area contributed by atoms with Gasteiger partial charge in [0.25, 0.3) is 0 Å². The molecule has 0 heterocycles. The first-order chi connectivity index (χ1) is 32.7. The molecule has 0 saturated heterocycles. The minimum Gasteiger partial charge on any atom is -0.310 e. The zero-order valence-corrected chi connectivity index (χ0v) is 37.2. The maximum Gasteiger partial charge on any atom is 0.0714 e. The van der Waals surface area contributed by atoms with Crippen LogP contribution in [0.1, 0.15) is 65.8 Å². The lowest BCUT2D eigenvalue weighted by Crippen LogP contribution is -2.29. The number of anilines is 3. The van der Waals surface area contributed by atoms with Crippen LogP contribution >= 0.6 is 0 Å². The van der Waals surface area contributed by atoms with Crippen LogP contribution in [0, 0.1) is 0 Å². The molecule has 0 bridgehead atoms. The van der Waals surface area contributed by atoms with Crippen LogP contribution in [0.15, 0.2) is 243 Å². The highest BCUT2D eigenvalue weighted by Gasteiger charge is 2.47. The van der Waals surface area contributed by atoms with Crippen molar-refractivity contribution >= 4 is 27.8 Å². The lowest BCUT2D eigenvalue weighted by Gasteiger charge is -2.35. The van der Waals surface area contributed by atoms with Gasteiger partial charge in [-0.15, -0.1) is 0 Å². The molecule has 2 aliphatic carbocycles. The molecule has 0 aromatic heterocycles. The number of fused-ring (bicyclic) bond motifs is 4. The summed E-state index contributed by atoms with van der Waals surface area (Å²) in [5.41, 5.74) is 19.7. The molecular weight excluding hydrogens is 795 g/mol. The predicted octanol–water partition coefficient (Wildman–Crippen LogP) is 17.7. The molecule has 1 heteroatoms. The summed E-state index contributed by atoms with van der Waals surface area (Å²) in [6.45, 7) is 0. The van der Waals surface area contributed by atoms with Gasteiger partial charge in [0, 0.05) is 17.1 Å². The van der Waals surface area contributed by atoms with E-state index >= 15 is 0 Å². The maximum absolute atomic E-state index is 2.52. The molecule has 12 rings (SSSR count). The van der Waals surface area contributed by atoms with Crippen molar-refractivity contribution in [1.29, 1.82) is 0 Å². The van der Waals surface area contributed by atoms with Crippen molar-refractivity contribution < 1.29 is 0 Å². The van der Waals surface area contributed by atoms with E-state index in [1.54, 1.807) is 0 Å². The van der Waals surface area contributed by atoms with E-state index in [-0.39, 0.29) is 0 Å². The molecule has 10 aromatic carbocycles. The minimum absolute atomic E-state index is 0.509. The van der Waals surface area contributed by atoms with Crippen LogP contribution in [-0.4, -0.2) is 0 Å². The summed E-state index contributed by atoms with van der Waals surface area (Å²) in [5, 5.41) is 2.48.